The smallest absolute Gasteiger partial charge is 0.226 e. The molecule has 0 spiro atoms. The van der Waals surface area contributed by atoms with Crippen LogP contribution in [0.2, 0.25) is 0 Å². The van der Waals surface area contributed by atoms with Crippen molar-refractivity contribution < 1.29 is 9.53 Å². The number of hydrogen-bond acceptors (Lipinski definition) is 4. The van der Waals surface area contributed by atoms with Crippen molar-refractivity contribution in [1.29, 1.82) is 0 Å². The van der Waals surface area contributed by atoms with Crippen molar-refractivity contribution in [2.45, 2.75) is 45.7 Å². The molecule has 4 aromatic rings. The number of ether oxygens (including phenoxy) is 1. The molecule has 0 aliphatic carbocycles. The summed E-state index contributed by atoms with van der Waals surface area (Å²) in [5, 5.41) is 7.23. The van der Waals surface area contributed by atoms with E-state index >= 15 is 0 Å². The van der Waals surface area contributed by atoms with E-state index in [1.807, 2.05) is 54.6 Å². The van der Waals surface area contributed by atoms with E-state index in [0.717, 1.165) is 51.8 Å². The molecule has 0 radical (unpaired) electrons. The van der Waals surface area contributed by atoms with Crippen LogP contribution in [0, 0.1) is 13.8 Å². The van der Waals surface area contributed by atoms with Crippen LogP contribution in [0.5, 0.6) is 5.75 Å². The third kappa shape index (κ3) is 5.45. The third-order valence-electron chi connectivity index (χ3n) is 7.57. The van der Waals surface area contributed by atoms with Crippen LogP contribution >= 0.6 is 12.2 Å². The number of carbonyl (C=O) groups is 1. The van der Waals surface area contributed by atoms with Crippen molar-refractivity contribution in [3.05, 3.63) is 107 Å². The van der Waals surface area contributed by atoms with E-state index < -0.39 is 0 Å². The SMILES string of the molecule is CCc1ccccc1NC(=O)CCN1C(=S)NC(c2ccccn2)C1c1cc(C)n(-c2ccc(OC)cc2)c1C. The second kappa shape index (κ2) is 11.9. The molecule has 1 saturated heterocycles. The first-order valence-corrected chi connectivity index (χ1v) is 14.0. The lowest BCUT2D eigenvalue weighted by Gasteiger charge is -2.28. The number of hydrogen-bond donors (Lipinski definition) is 2. The third-order valence-corrected chi connectivity index (χ3v) is 7.92. The summed E-state index contributed by atoms with van der Waals surface area (Å²) in [5.41, 5.74) is 7.33. The number of pyridine rings is 1. The normalized spacial score (nSPS) is 16.6. The number of para-hydroxylation sites is 1. The minimum absolute atomic E-state index is 0.0348. The minimum atomic E-state index is -0.151. The zero-order chi connectivity index (χ0) is 28.2. The fourth-order valence-electron chi connectivity index (χ4n) is 5.59. The maximum absolute atomic E-state index is 13.1. The highest BCUT2D eigenvalue weighted by Crippen LogP contribution is 2.41. The van der Waals surface area contributed by atoms with Gasteiger partial charge in [0.25, 0.3) is 0 Å². The highest BCUT2D eigenvalue weighted by Gasteiger charge is 2.41. The molecule has 1 aliphatic rings. The molecule has 2 unspecified atom stereocenters. The van der Waals surface area contributed by atoms with E-state index in [2.05, 4.69) is 64.1 Å². The quantitative estimate of drug-likeness (QED) is 0.246. The molecular formula is C32H35N5O2S. The summed E-state index contributed by atoms with van der Waals surface area (Å²) in [6.45, 7) is 6.81. The van der Waals surface area contributed by atoms with E-state index in [-0.39, 0.29) is 18.0 Å². The molecule has 2 atom stereocenters. The lowest BCUT2D eigenvalue weighted by atomic mass is 9.96. The topological polar surface area (TPSA) is 71.4 Å². The van der Waals surface area contributed by atoms with Crippen molar-refractivity contribution >= 4 is 28.9 Å². The van der Waals surface area contributed by atoms with Gasteiger partial charge in [-0.05, 0) is 92.1 Å². The Bertz CT molecular complexity index is 1500. The molecule has 7 nitrogen and oxygen atoms in total. The van der Waals surface area contributed by atoms with E-state index in [9.17, 15) is 4.79 Å². The molecule has 2 N–H and O–H groups in total. The summed E-state index contributed by atoms with van der Waals surface area (Å²) in [7, 11) is 1.67. The monoisotopic (exact) mass is 553 g/mol. The van der Waals surface area contributed by atoms with Gasteiger partial charge in [-0.15, -0.1) is 0 Å². The molecule has 206 valence electrons. The van der Waals surface area contributed by atoms with Crippen LogP contribution in [0.15, 0.2) is 79.0 Å². The molecule has 40 heavy (non-hydrogen) atoms. The van der Waals surface area contributed by atoms with Gasteiger partial charge in [-0.3, -0.25) is 9.78 Å². The van der Waals surface area contributed by atoms with Crippen molar-refractivity contribution in [3.8, 4) is 11.4 Å². The molecule has 2 aromatic carbocycles. The number of nitrogens with zero attached hydrogens (tertiary/aromatic N) is 3. The summed E-state index contributed by atoms with van der Waals surface area (Å²) < 4.78 is 7.61. The van der Waals surface area contributed by atoms with Gasteiger partial charge < -0.3 is 24.8 Å². The van der Waals surface area contributed by atoms with Gasteiger partial charge in [-0.2, -0.15) is 0 Å². The van der Waals surface area contributed by atoms with Crippen molar-refractivity contribution in [2.24, 2.45) is 0 Å². The van der Waals surface area contributed by atoms with Crippen LogP contribution < -0.4 is 15.4 Å². The molecule has 2 aromatic heterocycles. The second-order valence-electron chi connectivity index (χ2n) is 9.99. The number of carbonyl (C=O) groups excluding carboxylic acids is 1. The van der Waals surface area contributed by atoms with Gasteiger partial charge in [0.2, 0.25) is 5.91 Å². The van der Waals surface area contributed by atoms with Gasteiger partial charge >= 0.3 is 0 Å². The lowest BCUT2D eigenvalue weighted by molar-refractivity contribution is -0.116. The number of aryl methyl sites for hydroxylation is 2. The standard InChI is InChI=1S/C32H35N5O2S/c1-5-23-10-6-7-11-27(23)34-29(38)17-19-36-31(30(35-32(36)40)28-12-8-9-18-33-28)26-20-21(2)37(22(26)3)24-13-15-25(39-4)16-14-24/h6-16,18,20,30-31H,5,17,19H2,1-4H3,(H,34,38)(H,35,40). The molecule has 1 amide bonds. The molecule has 8 heteroatoms. The Morgan fingerprint density at radius 2 is 1.82 bits per heavy atom. The average Bonchev–Trinajstić information content (AvgIpc) is 3.46. The van der Waals surface area contributed by atoms with Crippen LogP contribution in [0.25, 0.3) is 5.69 Å². The zero-order valence-electron chi connectivity index (χ0n) is 23.3. The Kier molecular flexibility index (Phi) is 8.16. The Morgan fingerprint density at radius 3 is 2.52 bits per heavy atom. The number of amides is 1. The summed E-state index contributed by atoms with van der Waals surface area (Å²) in [5.74, 6) is 0.783. The fourth-order valence-corrected chi connectivity index (χ4v) is 5.92. The van der Waals surface area contributed by atoms with Crippen molar-refractivity contribution in [2.75, 3.05) is 19.0 Å². The summed E-state index contributed by atoms with van der Waals surface area (Å²) in [4.78, 5) is 19.9. The Labute approximate surface area is 241 Å². The largest absolute Gasteiger partial charge is 0.497 e. The van der Waals surface area contributed by atoms with E-state index in [1.54, 1.807) is 13.3 Å². The number of nitrogens with one attached hydrogen (secondary N) is 2. The Morgan fingerprint density at radius 1 is 1.07 bits per heavy atom. The van der Waals surface area contributed by atoms with Crippen LogP contribution in [-0.2, 0) is 11.2 Å². The molecule has 0 bridgehead atoms. The minimum Gasteiger partial charge on any atom is -0.497 e. The summed E-state index contributed by atoms with van der Waals surface area (Å²) in [6.07, 6.45) is 2.97. The molecule has 5 rings (SSSR count). The predicted molar refractivity (Wildman–Crippen MR) is 163 cm³/mol. The number of anilines is 1. The maximum Gasteiger partial charge on any atom is 0.226 e. The molecule has 0 saturated carbocycles. The van der Waals surface area contributed by atoms with Crippen LogP contribution in [0.3, 0.4) is 0 Å². The summed E-state index contributed by atoms with van der Waals surface area (Å²) >= 11 is 5.85. The number of thiocarbonyl (C=S) groups is 1. The predicted octanol–water partition coefficient (Wildman–Crippen LogP) is 6.06. The molecular weight excluding hydrogens is 518 g/mol. The first-order valence-electron chi connectivity index (χ1n) is 13.6. The van der Waals surface area contributed by atoms with E-state index in [4.69, 9.17) is 17.0 Å². The zero-order valence-corrected chi connectivity index (χ0v) is 24.2. The molecule has 3 heterocycles. The van der Waals surface area contributed by atoms with Gasteiger partial charge in [0.1, 0.15) is 5.75 Å². The first-order chi connectivity index (χ1) is 19.4. The first kappa shape index (κ1) is 27.4. The second-order valence-corrected chi connectivity index (χ2v) is 10.4. The van der Waals surface area contributed by atoms with E-state index in [0.29, 0.717) is 18.1 Å². The Hall–Kier alpha value is -4.17. The maximum atomic E-state index is 13.1. The van der Waals surface area contributed by atoms with Gasteiger partial charge in [0.05, 0.1) is 24.9 Å². The van der Waals surface area contributed by atoms with Gasteiger partial charge in [-0.1, -0.05) is 31.2 Å². The van der Waals surface area contributed by atoms with Crippen LogP contribution in [0.4, 0.5) is 5.69 Å². The average molecular weight is 554 g/mol. The number of rotatable bonds is 9. The molecule has 1 fully saturated rings. The highest BCUT2D eigenvalue weighted by molar-refractivity contribution is 7.80. The lowest BCUT2D eigenvalue weighted by Crippen LogP contribution is -2.33. The highest BCUT2D eigenvalue weighted by atomic mass is 32.1. The number of aromatic nitrogens is 2. The van der Waals surface area contributed by atoms with Crippen molar-refractivity contribution in [1.82, 2.24) is 19.8 Å². The summed E-state index contributed by atoms with van der Waals surface area (Å²) in [6, 6.07) is 23.9. The Balaban J connectivity index is 1.46. The number of benzene rings is 2. The van der Waals surface area contributed by atoms with Gasteiger partial charge in [0, 0.05) is 41.9 Å². The van der Waals surface area contributed by atoms with Crippen LogP contribution in [-0.4, -0.2) is 39.1 Å². The fraction of sp³-hybridized carbons (Fsp3) is 0.281. The number of methoxy groups -OCH3 is 1. The van der Waals surface area contributed by atoms with Gasteiger partial charge in [-0.25, -0.2) is 0 Å². The molecule has 1 aliphatic heterocycles. The van der Waals surface area contributed by atoms with Crippen LogP contribution in [0.1, 0.15) is 53.6 Å². The van der Waals surface area contributed by atoms with Crippen molar-refractivity contribution in [3.63, 3.8) is 0 Å². The van der Waals surface area contributed by atoms with Gasteiger partial charge in [0.15, 0.2) is 5.11 Å². The van der Waals surface area contributed by atoms with E-state index in [1.165, 1.54) is 0 Å².